The van der Waals surface area contributed by atoms with E-state index in [1.54, 1.807) is 53.0 Å². The lowest BCUT2D eigenvalue weighted by Gasteiger charge is -2.16. The van der Waals surface area contributed by atoms with E-state index in [1.807, 2.05) is 22.9 Å². The highest BCUT2D eigenvalue weighted by atomic mass is 32.1. The third kappa shape index (κ3) is 3.95. The Labute approximate surface area is 218 Å². The summed E-state index contributed by atoms with van der Waals surface area (Å²) < 4.78 is 43.3. The van der Waals surface area contributed by atoms with E-state index >= 15 is 4.39 Å². The van der Waals surface area contributed by atoms with Crippen molar-refractivity contribution in [2.75, 3.05) is 13.1 Å². The van der Waals surface area contributed by atoms with Gasteiger partial charge in [0.1, 0.15) is 17.0 Å². The minimum atomic E-state index is -2.67. The summed E-state index contributed by atoms with van der Waals surface area (Å²) in [7, 11) is 0. The van der Waals surface area contributed by atoms with Crippen LogP contribution in [0.1, 0.15) is 12.0 Å². The summed E-state index contributed by atoms with van der Waals surface area (Å²) in [5.74, 6) is -2.71. The Morgan fingerprint density at radius 1 is 1.05 bits per heavy atom. The summed E-state index contributed by atoms with van der Waals surface area (Å²) >= 11 is 1.57. The summed E-state index contributed by atoms with van der Waals surface area (Å²) in [5, 5.41) is 11.6. The van der Waals surface area contributed by atoms with Crippen molar-refractivity contribution in [2.24, 2.45) is 0 Å². The Morgan fingerprint density at radius 3 is 2.79 bits per heavy atom. The molecule has 2 N–H and O–H groups in total. The highest BCUT2D eigenvalue weighted by Crippen LogP contribution is 2.35. The van der Waals surface area contributed by atoms with Crippen molar-refractivity contribution in [1.82, 2.24) is 35.0 Å². The highest BCUT2D eigenvalue weighted by molar-refractivity contribution is 7.08. The van der Waals surface area contributed by atoms with Gasteiger partial charge in [0.25, 0.3) is 5.92 Å². The fourth-order valence-corrected chi connectivity index (χ4v) is 5.69. The maximum atomic E-state index is 16.1. The highest BCUT2D eigenvalue weighted by Gasteiger charge is 2.38. The van der Waals surface area contributed by atoms with Crippen LogP contribution in [0.3, 0.4) is 0 Å². The standard InChI is InChI=1S/C27H20F3N7S/c28-22-18(17-9-15(10-31-11-17)12-37-7-5-27(29,30)14-37)1-2-19-21(22)25(36-35-19)26-33-20-3-6-32-23(24(20)34-26)16-4-8-38-13-16/h1-4,6,8-11,13H,5,7,12,14H2,(H,33,34)(H,35,36). The lowest BCUT2D eigenvalue weighted by Crippen LogP contribution is -2.24. The van der Waals surface area contributed by atoms with Crippen LogP contribution in [0, 0.1) is 5.82 Å². The number of hydrogen-bond donors (Lipinski definition) is 2. The fraction of sp³-hybridized carbons (Fsp3) is 0.185. The number of benzene rings is 1. The average Bonchev–Trinajstić information content (AvgIpc) is 3.70. The van der Waals surface area contributed by atoms with Crippen molar-refractivity contribution in [1.29, 1.82) is 0 Å². The molecule has 0 amide bonds. The quantitative estimate of drug-likeness (QED) is 0.274. The number of rotatable bonds is 5. The van der Waals surface area contributed by atoms with E-state index in [1.165, 1.54) is 0 Å². The van der Waals surface area contributed by atoms with Crippen LogP contribution in [-0.4, -0.2) is 54.0 Å². The van der Waals surface area contributed by atoms with Crippen molar-refractivity contribution >= 4 is 33.3 Å². The van der Waals surface area contributed by atoms with E-state index in [-0.39, 0.29) is 13.0 Å². The monoisotopic (exact) mass is 531 g/mol. The number of alkyl halides is 2. The summed E-state index contributed by atoms with van der Waals surface area (Å²) in [4.78, 5) is 18.5. The third-order valence-electron chi connectivity index (χ3n) is 6.85. The molecule has 1 aromatic carbocycles. The van der Waals surface area contributed by atoms with E-state index in [4.69, 9.17) is 4.98 Å². The molecule has 6 heterocycles. The third-order valence-corrected chi connectivity index (χ3v) is 7.53. The molecule has 0 radical (unpaired) electrons. The van der Waals surface area contributed by atoms with Gasteiger partial charge in [-0.05, 0) is 41.3 Å². The van der Waals surface area contributed by atoms with Crippen molar-refractivity contribution in [2.45, 2.75) is 18.9 Å². The molecule has 7 rings (SSSR count). The number of hydrogen-bond acceptors (Lipinski definition) is 6. The summed E-state index contributed by atoms with van der Waals surface area (Å²) in [6.07, 6.45) is 4.77. The second-order valence-electron chi connectivity index (χ2n) is 9.47. The molecule has 0 atom stereocenters. The zero-order valence-corrected chi connectivity index (χ0v) is 20.7. The molecule has 0 unspecified atom stereocenters. The SMILES string of the molecule is Fc1c(-c2cncc(CN3CCC(F)(F)C3)c2)ccc2[nH]nc(-c3nc4c(-c5ccsc5)nccc4[nH]3)c12. The minimum Gasteiger partial charge on any atom is -0.336 e. The van der Waals surface area contributed by atoms with Crippen LogP contribution in [0.25, 0.3) is 55.8 Å². The first-order valence-electron chi connectivity index (χ1n) is 12.0. The van der Waals surface area contributed by atoms with E-state index in [9.17, 15) is 8.78 Å². The van der Waals surface area contributed by atoms with Crippen LogP contribution in [0.5, 0.6) is 0 Å². The van der Waals surface area contributed by atoms with Gasteiger partial charge < -0.3 is 4.98 Å². The second kappa shape index (κ2) is 8.74. The van der Waals surface area contributed by atoms with Gasteiger partial charge in [0.15, 0.2) is 5.82 Å². The van der Waals surface area contributed by atoms with Gasteiger partial charge in [-0.25, -0.2) is 18.2 Å². The molecule has 38 heavy (non-hydrogen) atoms. The number of likely N-dealkylation sites (tertiary alicyclic amines) is 1. The molecule has 0 saturated carbocycles. The van der Waals surface area contributed by atoms with Crippen molar-refractivity contribution in [3.05, 3.63) is 71.1 Å². The molecule has 1 fully saturated rings. The van der Waals surface area contributed by atoms with Gasteiger partial charge in [0.2, 0.25) is 0 Å². The molecular weight excluding hydrogens is 511 g/mol. The van der Waals surface area contributed by atoms with Gasteiger partial charge in [0.05, 0.1) is 28.7 Å². The number of aromatic amines is 2. The number of aromatic nitrogens is 6. The second-order valence-corrected chi connectivity index (χ2v) is 10.3. The topological polar surface area (TPSA) is 86.4 Å². The van der Waals surface area contributed by atoms with Crippen LogP contribution >= 0.6 is 11.3 Å². The van der Waals surface area contributed by atoms with Gasteiger partial charge >= 0.3 is 0 Å². The van der Waals surface area contributed by atoms with Crippen LogP contribution in [-0.2, 0) is 6.54 Å². The first-order chi connectivity index (χ1) is 18.4. The number of fused-ring (bicyclic) bond motifs is 2. The number of nitrogens with zero attached hydrogens (tertiary/aromatic N) is 5. The van der Waals surface area contributed by atoms with Gasteiger partial charge in [-0.15, -0.1) is 0 Å². The number of H-pyrrole nitrogens is 2. The van der Waals surface area contributed by atoms with E-state index in [0.29, 0.717) is 52.2 Å². The molecule has 0 aliphatic carbocycles. The Kier molecular flexibility index (Phi) is 5.31. The van der Waals surface area contributed by atoms with Gasteiger partial charge in [-0.2, -0.15) is 16.4 Å². The zero-order valence-electron chi connectivity index (χ0n) is 19.9. The van der Waals surface area contributed by atoms with E-state index in [2.05, 4.69) is 25.1 Å². The molecule has 190 valence electrons. The largest absolute Gasteiger partial charge is 0.336 e. The van der Waals surface area contributed by atoms with Crippen molar-refractivity contribution in [3.63, 3.8) is 0 Å². The lowest BCUT2D eigenvalue weighted by atomic mass is 10.0. The fourth-order valence-electron chi connectivity index (χ4n) is 5.05. The Bertz CT molecular complexity index is 1790. The van der Waals surface area contributed by atoms with Crippen LogP contribution in [0.2, 0.25) is 0 Å². The number of thiophene rings is 1. The molecule has 5 aromatic heterocycles. The number of pyridine rings is 2. The normalized spacial score (nSPS) is 15.7. The van der Waals surface area contributed by atoms with Gasteiger partial charge in [-0.3, -0.25) is 20.0 Å². The van der Waals surface area contributed by atoms with E-state index < -0.39 is 11.7 Å². The number of imidazole rings is 1. The first-order valence-corrected chi connectivity index (χ1v) is 13.0. The predicted molar refractivity (Wildman–Crippen MR) is 140 cm³/mol. The van der Waals surface area contributed by atoms with Crippen LogP contribution < -0.4 is 0 Å². The molecule has 7 nitrogen and oxygen atoms in total. The van der Waals surface area contributed by atoms with Gasteiger partial charge in [-0.1, -0.05) is 0 Å². The maximum Gasteiger partial charge on any atom is 0.261 e. The minimum absolute atomic E-state index is 0.151. The van der Waals surface area contributed by atoms with E-state index in [0.717, 1.165) is 22.3 Å². The van der Waals surface area contributed by atoms with Crippen LogP contribution in [0.15, 0.2) is 59.7 Å². The average molecular weight is 532 g/mol. The Morgan fingerprint density at radius 2 is 1.97 bits per heavy atom. The summed E-state index contributed by atoms with van der Waals surface area (Å²) in [6, 6.07) is 9.04. The smallest absolute Gasteiger partial charge is 0.261 e. The van der Waals surface area contributed by atoms with Crippen LogP contribution in [0.4, 0.5) is 13.2 Å². The predicted octanol–water partition coefficient (Wildman–Crippen LogP) is 6.27. The lowest BCUT2D eigenvalue weighted by molar-refractivity contribution is 0.0115. The molecule has 11 heteroatoms. The zero-order chi connectivity index (χ0) is 25.9. The molecule has 0 bridgehead atoms. The first kappa shape index (κ1) is 23.1. The number of nitrogens with one attached hydrogen (secondary N) is 2. The molecule has 1 saturated heterocycles. The number of halogens is 3. The van der Waals surface area contributed by atoms with Crippen molar-refractivity contribution < 1.29 is 13.2 Å². The molecule has 1 aliphatic rings. The molecular formula is C27H20F3N7S. The Hall–Kier alpha value is -4.09. The summed E-state index contributed by atoms with van der Waals surface area (Å²) in [6.45, 7) is 0.366. The Balaban J connectivity index is 1.28. The molecule has 6 aromatic rings. The van der Waals surface area contributed by atoms with Crippen molar-refractivity contribution in [3.8, 4) is 33.9 Å². The maximum absolute atomic E-state index is 16.1. The molecule has 1 aliphatic heterocycles. The summed E-state index contributed by atoms with van der Waals surface area (Å²) in [5.41, 5.74) is 5.70. The van der Waals surface area contributed by atoms with Gasteiger partial charge in [0, 0.05) is 60.2 Å². The molecule has 0 spiro atoms.